The minimum Gasteiger partial charge on any atom is -0.461 e. The van der Waals surface area contributed by atoms with Crippen molar-refractivity contribution in [3.05, 3.63) is 47.8 Å². The van der Waals surface area contributed by atoms with Crippen molar-refractivity contribution in [3.63, 3.8) is 0 Å². The second-order valence-electron chi connectivity index (χ2n) is 3.74. The van der Waals surface area contributed by atoms with Gasteiger partial charge in [-0.3, -0.25) is 4.98 Å². The van der Waals surface area contributed by atoms with E-state index in [1.54, 1.807) is 6.92 Å². The molecule has 2 aromatic heterocycles. The van der Waals surface area contributed by atoms with Gasteiger partial charge in [-0.1, -0.05) is 0 Å². The van der Waals surface area contributed by atoms with Crippen molar-refractivity contribution < 1.29 is 18.0 Å². The van der Waals surface area contributed by atoms with Gasteiger partial charge < -0.3 is 4.74 Å². The lowest BCUT2D eigenvalue weighted by Crippen LogP contribution is -2.08. The molecule has 2 rings (SSSR count). The smallest absolute Gasteiger partial charge is 0.356 e. The maximum atomic E-state index is 13.3. The topological polar surface area (TPSA) is 52.1 Å². The molecule has 0 aliphatic carbocycles. The van der Waals surface area contributed by atoms with Gasteiger partial charge >= 0.3 is 5.97 Å². The van der Waals surface area contributed by atoms with Gasteiger partial charge in [0.15, 0.2) is 0 Å². The Morgan fingerprint density at radius 3 is 2.89 bits per heavy atom. The first kappa shape index (κ1) is 9.61. The Balaban J connectivity index is 2.58. The number of pyridine rings is 2. The van der Waals surface area contributed by atoms with E-state index in [4.69, 9.17) is 8.85 Å². The SMILES string of the molecule is [2H]C([2H])([2H])c1cc(-c2cncc(F)c2)cc(C(=O)OCC)n1. The molecule has 2 heterocycles. The zero-order chi connectivity index (χ0) is 16.3. The van der Waals surface area contributed by atoms with Crippen molar-refractivity contribution >= 4 is 5.97 Å². The molecular formula is C14H13FN2O2. The molecule has 0 aliphatic heterocycles. The number of hydrogen-bond donors (Lipinski definition) is 0. The molecule has 0 bridgehead atoms. The Kier molecular flexibility index (Phi) is 2.81. The molecule has 0 amide bonds. The van der Waals surface area contributed by atoms with Crippen LogP contribution in [0.3, 0.4) is 0 Å². The van der Waals surface area contributed by atoms with Gasteiger partial charge in [-0.05, 0) is 37.5 Å². The third-order valence-electron chi connectivity index (χ3n) is 2.35. The average Bonchev–Trinajstić information content (AvgIpc) is 2.46. The molecule has 4 nitrogen and oxygen atoms in total. The van der Waals surface area contributed by atoms with E-state index in [9.17, 15) is 9.18 Å². The Morgan fingerprint density at radius 1 is 1.37 bits per heavy atom. The van der Waals surface area contributed by atoms with Crippen LogP contribution < -0.4 is 0 Å². The normalized spacial score (nSPS) is 13.3. The van der Waals surface area contributed by atoms with Gasteiger partial charge in [0.25, 0.3) is 0 Å². The Labute approximate surface area is 114 Å². The van der Waals surface area contributed by atoms with E-state index in [0.717, 1.165) is 6.20 Å². The predicted molar refractivity (Wildman–Crippen MR) is 68.1 cm³/mol. The molecule has 0 saturated carbocycles. The summed E-state index contributed by atoms with van der Waals surface area (Å²) in [5.74, 6) is -1.30. The zero-order valence-corrected chi connectivity index (χ0v) is 10.2. The number of rotatable bonds is 3. The van der Waals surface area contributed by atoms with Crippen LogP contribution >= 0.6 is 0 Å². The largest absolute Gasteiger partial charge is 0.461 e. The standard InChI is InChI=1S/C14H13FN2O2/c1-3-19-14(18)13-6-10(4-9(2)17-13)11-5-12(15)8-16-7-11/h4-8H,3H2,1-2H3/i2D3. The number of halogens is 1. The van der Waals surface area contributed by atoms with Gasteiger partial charge in [-0.2, -0.15) is 0 Å². The second-order valence-corrected chi connectivity index (χ2v) is 3.74. The molecular weight excluding hydrogens is 247 g/mol. The molecule has 0 atom stereocenters. The Hall–Kier alpha value is -2.30. The highest BCUT2D eigenvalue weighted by Crippen LogP contribution is 2.21. The van der Waals surface area contributed by atoms with E-state index in [1.807, 2.05) is 0 Å². The van der Waals surface area contributed by atoms with Crippen LogP contribution in [0.25, 0.3) is 11.1 Å². The summed E-state index contributed by atoms with van der Waals surface area (Å²) in [7, 11) is 0. The van der Waals surface area contributed by atoms with E-state index < -0.39 is 18.6 Å². The first-order valence-electron chi connectivity index (χ1n) is 7.12. The van der Waals surface area contributed by atoms with Gasteiger partial charge in [-0.15, -0.1) is 0 Å². The number of aromatic nitrogens is 2. The highest BCUT2D eigenvalue weighted by molar-refractivity contribution is 5.89. The van der Waals surface area contributed by atoms with Crippen molar-refractivity contribution in [3.8, 4) is 11.1 Å². The summed E-state index contributed by atoms with van der Waals surface area (Å²) in [4.78, 5) is 19.3. The van der Waals surface area contributed by atoms with E-state index in [0.29, 0.717) is 11.1 Å². The molecule has 0 fully saturated rings. The summed E-state index contributed by atoms with van der Waals surface area (Å²) in [5.41, 5.74) is 0.265. The fraction of sp³-hybridized carbons (Fsp3) is 0.214. The first-order chi connectivity index (χ1) is 10.3. The summed E-state index contributed by atoms with van der Waals surface area (Å²) in [6.07, 6.45) is 2.40. The van der Waals surface area contributed by atoms with E-state index >= 15 is 0 Å². The summed E-state index contributed by atoms with van der Waals surface area (Å²) >= 11 is 0. The van der Waals surface area contributed by atoms with Crippen molar-refractivity contribution in [2.75, 3.05) is 6.61 Å². The number of ether oxygens (including phenoxy) is 1. The van der Waals surface area contributed by atoms with Crippen LogP contribution in [0.4, 0.5) is 4.39 Å². The van der Waals surface area contributed by atoms with Crippen LogP contribution in [-0.2, 0) is 4.74 Å². The molecule has 0 saturated heterocycles. The van der Waals surface area contributed by atoms with E-state index in [1.165, 1.54) is 24.4 Å². The summed E-state index contributed by atoms with van der Waals surface area (Å²) in [6.45, 7) is -0.740. The fourth-order valence-electron chi connectivity index (χ4n) is 1.58. The van der Waals surface area contributed by atoms with Gasteiger partial charge in [0, 0.05) is 21.6 Å². The van der Waals surface area contributed by atoms with Crippen LogP contribution in [0.2, 0.25) is 0 Å². The number of hydrogen-bond acceptors (Lipinski definition) is 4. The van der Waals surface area contributed by atoms with Gasteiger partial charge in [0.1, 0.15) is 11.5 Å². The number of esters is 1. The summed E-state index contributed by atoms with van der Waals surface area (Å²) in [5, 5.41) is 0. The van der Waals surface area contributed by atoms with Crippen molar-refractivity contribution in [2.45, 2.75) is 13.8 Å². The highest BCUT2D eigenvalue weighted by Gasteiger charge is 2.11. The Bertz CT molecular complexity index is 705. The third-order valence-corrected chi connectivity index (χ3v) is 2.35. The van der Waals surface area contributed by atoms with Gasteiger partial charge in [0.2, 0.25) is 0 Å². The van der Waals surface area contributed by atoms with Crippen LogP contribution in [0.5, 0.6) is 0 Å². The molecule has 0 aliphatic rings. The lowest BCUT2D eigenvalue weighted by molar-refractivity contribution is 0.0519. The van der Waals surface area contributed by atoms with E-state index in [2.05, 4.69) is 9.97 Å². The lowest BCUT2D eigenvalue weighted by atomic mass is 10.1. The molecule has 0 radical (unpaired) electrons. The maximum Gasteiger partial charge on any atom is 0.356 e. The average molecular weight is 263 g/mol. The molecule has 19 heavy (non-hydrogen) atoms. The quantitative estimate of drug-likeness (QED) is 0.799. The third kappa shape index (κ3) is 3.13. The monoisotopic (exact) mass is 263 g/mol. The van der Waals surface area contributed by atoms with Crippen molar-refractivity contribution in [1.82, 2.24) is 9.97 Å². The molecule has 0 N–H and O–H groups in total. The van der Waals surface area contributed by atoms with Gasteiger partial charge in [-0.25, -0.2) is 14.2 Å². The Morgan fingerprint density at radius 2 is 2.21 bits per heavy atom. The number of carbonyl (C=O) groups excluding carboxylic acids is 1. The summed E-state index contributed by atoms with van der Waals surface area (Å²) < 4.78 is 40.5. The van der Waals surface area contributed by atoms with Crippen LogP contribution in [0.15, 0.2) is 30.6 Å². The molecule has 0 unspecified atom stereocenters. The predicted octanol–water partition coefficient (Wildman–Crippen LogP) is 2.77. The summed E-state index contributed by atoms with van der Waals surface area (Å²) in [6, 6.07) is 3.83. The molecule has 5 heteroatoms. The number of nitrogens with zero attached hydrogens (tertiary/aromatic N) is 2. The highest BCUT2D eigenvalue weighted by atomic mass is 19.1. The van der Waals surface area contributed by atoms with Crippen LogP contribution in [-0.4, -0.2) is 22.5 Å². The minimum atomic E-state index is -2.50. The molecule has 98 valence electrons. The zero-order valence-electron chi connectivity index (χ0n) is 13.2. The van der Waals surface area contributed by atoms with Crippen LogP contribution in [0, 0.1) is 12.7 Å². The maximum absolute atomic E-state index is 13.3. The van der Waals surface area contributed by atoms with Crippen molar-refractivity contribution in [1.29, 1.82) is 0 Å². The lowest BCUT2D eigenvalue weighted by Gasteiger charge is -2.06. The number of carbonyl (C=O) groups is 1. The number of aryl methyl sites for hydroxylation is 1. The van der Waals surface area contributed by atoms with E-state index in [-0.39, 0.29) is 18.0 Å². The second kappa shape index (κ2) is 5.56. The molecule has 2 aromatic rings. The van der Waals surface area contributed by atoms with Crippen LogP contribution in [0.1, 0.15) is 27.2 Å². The first-order valence-corrected chi connectivity index (χ1v) is 5.62. The molecule has 0 spiro atoms. The molecule has 0 aromatic carbocycles. The van der Waals surface area contributed by atoms with Gasteiger partial charge in [0.05, 0.1) is 12.8 Å². The van der Waals surface area contributed by atoms with Crippen molar-refractivity contribution in [2.24, 2.45) is 0 Å². The minimum absolute atomic E-state index is 0.134. The fourth-order valence-corrected chi connectivity index (χ4v) is 1.58.